The largest absolute Gasteiger partial charge is 0.347 e. The second-order valence-corrected chi connectivity index (χ2v) is 9.86. The van der Waals surface area contributed by atoms with Crippen LogP contribution in [-0.4, -0.2) is 28.3 Å². The molecule has 1 aromatic carbocycles. The highest BCUT2D eigenvalue weighted by Crippen LogP contribution is 2.37. The van der Waals surface area contributed by atoms with Gasteiger partial charge in [0.25, 0.3) is 5.91 Å². The summed E-state index contributed by atoms with van der Waals surface area (Å²) in [5.41, 5.74) is 12.3. The van der Waals surface area contributed by atoms with Crippen LogP contribution in [-0.2, 0) is 32.2 Å². The summed E-state index contributed by atoms with van der Waals surface area (Å²) in [6.07, 6.45) is 9.13. The zero-order valence-corrected chi connectivity index (χ0v) is 20.0. The lowest BCUT2D eigenvalue weighted by Crippen LogP contribution is -2.41. The molecular weight excluding hydrogens is 416 g/mol. The molecule has 3 heterocycles. The monoisotopic (exact) mass is 450 g/mol. The normalized spacial score (nSPS) is 13.8. The lowest BCUT2D eigenvalue weighted by molar-refractivity contribution is 0.0942. The molecular formula is C26H34N4OS. The first-order valence-corrected chi connectivity index (χ1v) is 12.7. The van der Waals surface area contributed by atoms with E-state index in [1.807, 2.05) is 6.20 Å². The zero-order chi connectivity index (χ0) is 22.5. The average molecular weight is 451 g/mol. The van der Waals surface area contributed by atoms with Gasteiger partial charge in [0, 0.05) is 29.6 Å². The van der Waals surface area contributed by atoms with Gasteiger partial charge in [-0.15, -0.1) is 11.3 Å². The second-order valence-electron chi connectivity index (χ2n) is 8.72. The molecule has 0 fully saturated rings. The Hall–Kier alpha value is -2.44. The molecule has 0 radical (unpaired) electrons. The van der Waals surface area contributed by atoms with Gasteiger partial charge < -0.3 is 11.1 Å². The molecule has 0 bridgehead atoms. The third-order valence-electron chi connectivity index (χ3n) is 6.16. The molecule has 1 atom stereocenters. The van der Waals surface area contributed by atoms with Gasteiger partial charge in [-0.1, -0.05) is 51.0 Å². The van der Waals surface area contributed by atoms with Gasteiger partial charge in [0.2, 0.25) is 0 Å². The van der Waals surface area contributed by atoms with Crippen LogP contribution in [0.15, 0.2) is 36.5 Å². The highest BCUT2D eigenvalue weighted by atomic mass is 32.1. The Morgan fingerprint density at radius 1 is 1.19 bits per heavy atom. The zero-order valence-electron chi connectivity index (χ0n) is 19.2. The van der Waals surface area contributed by atoms with E-state index in [-0.39, 0.29) is 11.9 Å². The molecule has 1 amide bonds. The topological polar surface area (TPSA) is 72.9 Å². The highest BCUT2D eigenvalue weighted by Gasteiger charge is 2.24. The lowest BCUT2D eigenvalue weighted by atomic mass is 10.0. The molecule has 6 heteroatoms. The van der Waals surface area contributed by atoms with Crippen molar-refractivity contribution in [2.75, 3.05) is 6.54 Å². The number of rotatable bonds is 9. The van der Waals surface area contributed by atoms with E-state index in [0.29, 0.717) is 6.54 Å². The van der Waals surface area contributed by atoms with Gasteiger partial charge in [-0.25, -0.2) is 0 Å². The van der Waals surface area contributed by atoms with Crippen molar-refractivity contribution in [3.05, 3.63) is 63.0 Å². The third-order valence-corrected chi connectivity index (χ3v) is 7.35. The number of aromatic nitrogens is 2. The minimum Gasteiger partial charge on any atom is -0.347 e. The predicted octanol–water partition coefficient (Wildman–Crippen LogP) is 4.76. The Bertz CT molecular complexity index is 1050. The number of hydrogen-bond donors (Lipinski definition) is 2. The maximum Gasteiger partial charge on any atom is 0.261 e. The van der Waals surface area contributed by atoms with Crippen molar-refractivity contribution in [2.24, 2.45) is 5.73 Å². The number of nitrogens with one attached hydrogen (secondary N) is 1. The Morgan fingerprint density at radius 2 is 1.94 bits per heavy atom. The van der Waals surface area contributed by atoms with Crippen molar-refractivity contribution in [3.8, 4) is 11.3 Å². The Labute approximate surface area is 195 Å². The summed E-state index contributed by atoms with van der Waals surface area (Å²) in [6, 6.07) is 10.7. The van der Waals surface area contributed by atoms with Crippen LogP contribution in [0.2, 0.25) is 0 Å². The molecule has 1 aliphatic heterocycles. The van der Waals surface area contributed by atoms with Gasteiger partial charge in [-0.3, -0.25) is 9.48 Å². The number of benzene rings is 1. The van der Waals surface area contributed by atoms with E-state index >= 15 is 0 Å². The maximum absolute atomic E-state index is 13.1. The lowest BCUT2D eigenvalue weighted by Gasteiger charge is -2.17. The summed E-state index contributed by atoms with van der Waals surface area (Å²) < 4.78 is 2.12. The van der Waals surface area contributed by atoms with Crippen LogP contribution in [0.1, 0.15) is 64.3 Å². The van der Waals surface area contributed by atoms with Crippen LogP contribution >= 0.6 is 11.3 Å². The Kier molecular flexibility index (Phi) is 7.43. The summed E-state index contributed by atoms with van der Waals surface area (Å²) in [5, 5.41) is 7.80. The van der Waals surface area contributed by atoms with Crippen LogP contribution in [0, 0.1) is 0 Å². The Balaban J connectivity index is 1.50. The number of nitrogens with two attached hydrogens (primary N) is 1. The molecule has 1 unspecified atom stereocenters. The molecule has 0 saturated carbocycles. The van der Waals surface area contributed by atoms with E-state index in [2.05, 4.69) is 59.3 Å². The summed E-state index contributed by atoms with van der Waals surface area (Å²) in [6.45, 7) is 5.74. The van der Waals surface area contributed by atoms with E-state index in [1.54, 1.807) is 11.3 Å². The van der Waals surface area contributed by atoms with Crippen LogP contribution in [0.25, 0.3) is 11.3 Å². The standard InChI is InChI=1S/C26H34N4OS/c1-3-6-18-9-11-19(12-10-18)14-21(16-27)29-26(31)24-15-22-23(32-24)8-5-13-30-25(22)20(7-4-2)17-28-30/h9-12,15,17,21H,3-8,13-14,16,27H2,1-2H3,(H,29,31). The van der Waals surface area contributed by atoms with E-state index in [4.69, 9.17) is 5.73 Å². The van der Waals surface area contributed by atoms with Gasteiger partial charge in [0.15, 0.2) is 0 Å². The number of amides is 1. The van der Waals surface area contributed by atoms with Crippen molar-refractivity contribution in [1.29, 1.82) is 0 Å². The van der Waals surface area contributed by atoms with E-state index in [1.165, 1.54) is 32.8 Å². The van der Waals surface area contributed by atoms with Crippen LogP contribution in [0.3, 0.4) is 0 Å². The number of carbonyl (C=O) groups excluding carboxylic acids is 1. The SMILES string of the molecule is CCCc1ccc(CC(CN)NC(=O)c2cc3c(s2)CCCn2ncc(CCC)c2-3)cc1. The molecule has 1 aliphatic rings. The second kappa shape index (κ2) is 10.5. The summed E-state index contributed by atoms with van der Waals surface area (Å²) in [5.74, 6) is -0.0239. The minimum atomic E-state index is -0.0809. The molecule has 0 saturated heterocycles. The van der Waals surface area contributed by atoms with Gasteiger partial charge >= 0.3 is 0 Å². The molecule has 3 N–H and O–H groups in total. The molecule has 3 aromatic rings. The molecule has 32 heavy (non-hydrogen) atoms. The fraction of sp³-hybridized carbons (Fsp3) is 0.462. The molecule has 2 aromatic heterocycles. The molecule has 4 rings (SSSR count). The quantitative estimate of drug-likeness (QED) is 0.493. The molecule has 0 aliphatic carbocycles. The summed E-state index contributed by atoms with van der Waals surface area (Å²) in [4.78, 5) is 15.2. The highest BCUT2D eigenvalue weighted by molar-refractivity contribution is 7.14. The molecule has 5 nitrogen and oxygen atoms in total. The van der Waals surface area contributed by atoms with Gasteiger partial charge in [0.05, 0.1) is 16.8 Å². The van der Waals surface area contributed by atoms with Gasteiger partial charge in [0.1, 0.15) is 0 Å². The average Bonchev–Trinajstić information content (AvgIpc) is 3.35. The summed E-state index contributed by atoms with van der Waals surface area (Å²) in [7, 11) is 0. The van der Waals surface area contributed by atoms with Crippen molar-refractivity contribution in [2.45, 2.75) is 71.4 Å². The molecule has 0 spiro atoms. The number of aryl methyl sites for hydroxylation is 4. The van der Waals surface area contributed by atoms with E-state index < -0.39 is 0 Å². The van der Waals surface area contributed by atoms with Crippen molar-refractivity contribution in [3.63, 3.8) is 0 Å². The van der Waals surface area contributed by atoms with E-state index in [0.717, 1.165) is 56.4 Å². The first kappa shape index (κ1) is 22.7. The third kappa shape index (κ3) is 4.97. The van der Waals surface area contributed by atoms with Gasteiger partial charge in [-0.05, 0) is 54.9 Å². The van der Waals surface area contributed by atoms with Crippen molar-refractivity contribution < 1.29 is 4.79 Å². The number of nitrogens with zero attached hydrogens (tertiary/aromatic N) is 2. The fourth-order valence-electron chi connectivity index (χ4n) is 4.54. The van der Waals surface area contributed by atoms with Crippen LogP contribution in [0.5, 0.6) is 0 Å². The fourth-order valence-corrected chi connectivity index (χ4v) is 5.64. The smallest absolute Gasteiger partial charge is 0.261 e. The van der Waals surface area contributed by atoms with Crippen molar-refractivity contribution >= 4 is 17.2 Å². The van der Waals surface area contributed by atoms with Crippen LogP contribution in [0.4, 0.5) is 0 Å². The number of thiophene rings is 1. The number of carbonyl (C=O) groups is 1. The first-order valence-electron chi connectivity index (χ1n) is 11.9. The number of hydrogen-bond acceptors (Lipinski definition) is 4. The predicted molar refractivity (Wildman–Crippen MR) is 132 cm³/mol. The van der Waals surface area contributed by atoms with E-state index in [9.17, 15) is 4.79 Å². The first-order chi connectivity index (χ1) is 15.6. The van der Waals surface area contributed by atoms with Crippen molar-refractivity contribution in [1.82, 2.24) is 15.1 Å². The summed E-state index contributed by atoms with van der Waals surface area (Å²) >= 11 is 1.62. The number of fused-ring (bicyclic) bond motifs is 3. The van der Waals surface area contributed by atoms with Gasteiger partial charge in [-0.2, -0.15) is 5.10 Å². The Morgan fingerprint density at radius 3 is 2.66 bits per heavy atom. The minimum absolute atomic E-state index is 0.0239. The molecule has 170 valence electrons. The maximum atomic E-state index is 13.1. The van der Waals surface area contributed by atoms with Crippen LogP contribution < -0.4 is 11.1 Å².